The monoisotopic (exact) mass is 491 g/mol. The zero-order valence-corrected chi connectivity index (χ0v) is 21.8. The van der Waals surface area contributed by atoms with Crippen molar-refractivity contribution >= 4 is 28.8 Å². The molecule has 6 nitrogen and oxygen atoms in total. The lowest BCUT2D eigenvalue weighted by Crippen LogP contribution is -2.42. The van der Waals surface area contributed by atoms with Crippen molar-refractivity contribution in [2.75, 3.05) is 0 Å². The van der Waals surface area contributed by atoms with E-state index in [0.29, 0.717) is 18.0 Å². The zero-order chi connectivity index (χ0) is 25.3. The van der Waals surface area contributed by atoms with Crippen molar-refractivity contribution in [3.8, 4) is 11.5 Å². The van der Waals surface area contributed by atoms with Gasteiger partial charge in [-0.2, -0.15) is 0 Å². The number of hydrogen-bond donors (Lipinski definition) is 3. The molecule has 0 saturated heterocycles. The van der Waals surface area contributed by atoms with Gasteiger partial charge in [-0.3, -0.25) is 4.79 Å². The molecule has 0 spiro atoms. The van der Waals surface area contributed by atoms with Crippen LogP contribution in [0.4, 0.5) is 5.69 Å². The molecular formula is C28H33N3O3S. The van der Waals surface area contributed by atoms with Gasteiger partial charge in [0, 0.05) is 5.56 Å². The normalized spacial score (nSPS) is 18.5. The molecule has 2 heterocycles. The van der Waals surface area contributed by atoms with Crippen LogP contribution in [0.1, 0.15) is 65.4 Å². The number of amides is 1. The molecule has 2 unspecified atom stereocenters. The van der Waals surface area contributed by atoms with Gasteiger partial charge >= 0.3 is 0 Å². The lowest BCUT2D eigenvalue weighted by atomic mass is 9.85. The summed E-state index contributed by atoms with van der Waals surface area (Å²) in [5.41, 5.74) is 10.9. The van der Waals surface area contributed by atoms with Crippen molar-refractivity contribution in [1.29, 1.82) is 0 Å². The number of rotatable bonds is 6. The molecule has 0 bridgehead atoms. The van der Waals surface area contributed by atoms with Crippen LogP contribution in [0.5, 0.6) is 11.5 Å². The Hall–Kier alpha value is -3.32. The number of phenols is 1. The van der Waals surface area contributed by atoms with Crippen molar-refractivity contribution in [3.63, 3.8) is 0 Å². The van der Waals surface area contributed by atoms with Gasteiger partial charge in [0.25, 0.3) is 0 Å². The topological polar surface area (TPSA) is 96.9 Å². The van der Waals surface area contributed by atoms with E-state index in [2.05, 4.69) is 10.3 Å². The van der Waals surface area contributed by atoms with E-state index in [1.54, 1.807) is 11.3 Å². The van der Waals surface area contributed by atoms with E-state index in [-0.39, 0.29) is 18.4 Å². The van der Waals surface area contributed by atoms with Crippen molar-refractivity contribution < 1.29 is 14.6 Å². The Morgan fingerprint density at radius 3 is 2.57 bits per heavy atom. The first-order chi connectivity index (χ1) is 16.6. The Balaban J connectivity index is 1.40. The average Bonchev–Trinajstić information content (AvgIpc) is 3.36. The summed E-state index contributed by atoms with van der Waals surface area (Å²) < 4.78 is 6.41. The van der Waals surface area contributed by atoms with Crippen LogP contribution in [0.2, 0.25) is 0 Å². The molecule has 0 saturated carbocycles. The number of thiophene rings is 1. The lowest BCUT2D eigenvalue weighted by Gasteiger charge is -2.37. The van der Waals surface area contributed by atoms with Gasteiger partial charge in [0.2, 0.25) is 5.91 Å². The summed E-state index contributed by atoms with van der Waals surface area (Å²) in [6, 6.07) is 11.5. The molecule has 4 N–H and O–H groups in total. The summed E-state index contributed by atoms with van der Waals surface area (Å²) in [5.74, 6) is 1.58. The van der Waals surface area contributed by atoms with Crippen molar-refractivity contribution in [2.24, 2.45) is 10.7 Å². The van der Waals surface area contributed by atoms with Gasteiger partial charge in [0.05, 0.1) is 23.0 Å². The molecule has 0 aliphatic carbocycles. The summed E-state index contributed by atoms with van der Waals surface area (Å²) >= 11 is 1.55. The number of benzene rings is 2. The van der Waals surface area contributed by atoms with Gasteiger partial charge in [-0.1, -0.05) is 18.2 Å². The largest absolute Gasteiger partial charge is 0.507 e. The summed E-state index contributed by atoms with van der Waals surface area (Å²) in [4.78, 5) is 18.4. The van der Waals surface area contributed by atoms with Crippen LogP contribution in [0.3, 0.4) is 0 Å². The molecule has 1 amide bonds. The Morgan fingerprint density at radius 2 is 1.91 bits per heavy atom. The number of nitrogens with zero attached hydrogens (tertiary/aromatic N) is 1. The molecule has 0 radical (unpaired) electrons. The number of fused-ring (bicyclic) bond motifs is 1. The first-order valence-corrected chi connectivity index (χ1v) is 12.7. The van der Waals surface area contributed by atoms with Gasteiger partial charge in [-0.05, 0) is 93.3 Å². The maximum absolute atomic E-state index is 13.0. The molecule has 2 atom stereocenters. The Bertz CT molecular complexity index is 1270. The maximum atomic E-state index is 13.0. The summed E-state index contributed by atoms with van der Waals surface area (Å²) in [6.07, 6.45) is 1.74. The van der Waals surface area contributed by atoms with Crippen LogP contribution in [0.15, 0.2) is 46.8 Å². The van der Waals surface area contributed by atoms with Crippen molar-refractivity contribution in [3.05, 3.63) is 74.5 Å². The number of nitrogens with two attached hydrogens (primary N) is 1. The number of phenolic OH excluding ortho intramolecular Hbond substituents is 1. The zero-order valence-electron chi connectivity index (χ0n) is 20.9. The highest BCUT2D eigenvalue weighted by atomic mass is 32.1. The molecule has 4 rings (SSSR count). The third-order valence-electron chi connectivity index (χ3n) is 6.92. The van der Waals surface area contributed by atoms with E-state index in [4.69, 9.17) is 10.5 Å². The van der Waals surface area contributed by atoms with Crippen LogP contribution >= 0.6 is 11.3 Å². The molecule has 184 valence electrons. The second-order valence-electron chi connectivity index (χ2n) is 9.62. The number of carbonyl (C=O) groups excluding carboxylic acids is 1. The van der Waals surface area contributed by atoms with E-state index in [0.717, 1.165) is 50.6 Å². The smallest absolute Gasteiger partial charge is 0.224 e. The second-order valence-corrected chi connectivity index (χ2v) is 10.6. The molecule has 3 aromatic rings. The van der Waals surface area contributed by atoms with E-state index < -0.39 is 5.60 Å². The van der Waals surface area contributed by atoms with Gasteiger partial charge in [-0.25, -0.2) is 4.99 Å². The first-order valence-electron chi connectivity index (χ1n) is 11.9. The fraction of sp³-hybridized carbons (Fsp3) is 0.357. The molecule has 1 aromatic heterocycles. The van der Waals surface area contributed by atoms with Crippen molar-refractivity contribution in [1.82, 2.24) is 5.32 Å². The van der Waals surface area contributed by atoms with Crippen LogP contribution < -0.4 is 15.8 Å². The summed E-state index contributed by atoms with van der Waals surface area (Å²) in [6.45, 7) is 9.74. The quantitative estimate of drug-likeness (QED) is 0.301. The first kappa shape index (κ1) is 24.8. The van der Waals surface area contributed by atoms with Gasteiger partial charge in [0.15, 0.2) is 0 Å². The number of amidine groups is 1. The van der Waals surface area contributed by atoms with E-state index >= 15 is 0 Å². The Kier molecular flexibility index (Phi) is 6.90. The molecule has 1 aliphatic heterocycles. The minimum atomic E-state index is -0.602. The fourth-order valence-corrected chi connectivity index (χ4v) is 5.22. The molecular weight excluding hydrogens is 458 g/mol. The molecule has 0 fully saturated rings. The minimum absolute atomic E-state index is 0.0580. The number of nitrogens with one attached hydrogen (secondary N) is 1. The van der Waals surface area contributed by atoms with Crippen molar-refractivity contribution in [2.45, 2.75) is 65.5 Å². The SMILES string of the molecule is Cc1c(C)c2c(c(C)c1O)CCC(C)(CC(=O)NC(C)c1ccc(N=C(N)c3cccs3)cc1)O2. The van der Waals surface area contributed by atoms with E-state index in [9.17, 15) is 9.90 Å². The Morgan fingerprint density at radius 1 is 1.20 bits per heavy atom. The average molecular weight is 492 g/mol. The molecule has 35 heavy (non-hydrogen) atoms. The highest BCUT2D eigenvalue weighted by molar-refractivity contribution is 7.12. The van der Waals surface area contributed by atoms with E-state index in [1.165, 1.54) is 0 Å². The third kappa shape index (κ3) is 5.20. The van der Waals surface area contributed by atoms with Crippen LogP contribution in [0, 0.1) is 20.8 Å². The fourth-order valence-electron chi connectivity index (χ4n) is 4.59. The predicted octanol–water partition coefficient (Wildman–Crippen LogP) is 5.77. The standard InChI is InChI=1S/C28H33N3O3S/c1-16-17(2)26-22(18(3)25(16)33)12-13-28(5,34-26)15-24(32)30-19(4)20-8-10-21(11-9-20)31-27(29)23-7-6-14-35-23/h6-11,14,19,33H,12-13,15H2,1-5H3,(H2,29,31)(H,30,32). The number of hydrogen-bond acceptors (Lipinski definition) is 5. The molecule has 7 heteroatoms. The second kappa shape index (κ2) is 9.74. The van der Waals surface area contributed by atoms with Crippen LogP contribution in [-0.4, -0.2) is 22.5 Å². The summed E-state index contributed by atoms with van der Waals surface area (Å²) in [7, 11) is 0. The lowest BCUT2D eigenvalue weighted by molar-refractivity contribution is -0.125. The number of aliphatic imine (C=N–C) groups is 1. The highest BCUT2D eigenvalue weighted by Gasteiger charge is 2.36. The third-order valence-corrected chi connectivity index (χ3v) is 7.81. The number of carbonyl (C=O) groups is 1. The number of aromatic hydroxyl groups is 1. The Labute approximate surface area is 210 Å². The molecule has 2 aromatic carbocycles. The van der Waals surface area contributed by atoms with Crippen LogP contribution in [0.25, 0.3) is 0 Å². The van der Waals surface area contributed by atoms with E-state index in [1.807, 2.05) is 76.4 Å². The van der Waals surface area contributed by atoms with Gasteiger partial charge in [0.1, 0.15) is 22.9 Å². The summed E-state index contributed by atoms with van der Waals surface area (Å²) in [5, 5.41) is 15.5. The minimum Gasteiger partial charge on any atom is -0.507 e. The maximum Gasteiger partial charge on any atom is 0.224 e. The predicted molar refractivity (Wildman–Crippen MR) is 142 cm³/mol. The highest BCUT2D eigenvalue weighted by Crippen LogP contribution is 2.44. The van der Waals surface area contributed by atoms with Crippen LogP contribution in [-0.2, 0) is 11.2 Å². The van der Waals surface area contributed by atoms with Gasteiger partial charge in [-0.15, -0.1) is 11.3 Å². The number of ether oxygens (including phenoxy) is 1. The van der Waals surface area contributed by atoms with Gasteiger partial charge < -0.3 is 20.9 Å². The molecule has 1 aliphatic rings.